The average Bonchev–Trinajstić information content (AvgIpc) is 3.41. The van der Waals surface area contributed by atoms with Gasteiger partial charge >= 0.3 is 5.97 Å². The topological polar surface area (TPSA) is 97.4 Å². The molecule has 33 heavy (non-hydrogen) atoms. The first-order chi connectivity index (χ1) is 16.0. The Balaban J connectivity index is 1.36. The van der Waals surface area contributed by atoms with E-state index in [1.165, 1.54) is 0 Å². The molecule has 7 heteroatoms. The number of carbonyl (C=O) groups is 2. The maximum Gasteiger partial charge on any atom is 0.306 e. The van der Waals surface area contributed by atoms with Crippen LogP contribution in [0.25, 0.3) is 22.0 Å². The number of carbonyl (C=O) groups excluding carboxylic acids is 1. The summed E-state index contributed by atoms with van der Waals surface area (Å²) in [6.45, 7) is 2.46. The number of nitrogens with zero attached hydrogens (tertiary/aromatic N) is 2. The number of pyridine rings is 1. The predicted octanol–water partition coefficient (Wildman–Crippen LogP) is 4.84. The lowest BCUT2D eigenvalue weighted by Gasteiger charge is -2.31. The summed E-state index contributed by atoms with van der Waals surface area (Å²) in [5, 5.41) is 13.5. The summed E-state index contributed by atoms with van der Waals surface area (Å²) < 4.78 is 7.52. The summed E-state index contributed by atoms with van der Waals surface area (Å²) in [6.07, 6.45) is 4.57. The predicted molar refractivity (Wildman–Crippen MR) is 125 cm³/mol. The third-order valence-corrected chi connectivity index (χ3v) is 6.92. The van der Waals surface area contributed by atoms with Gasteiger partial charge in [0.1, 0.15) is 5.69 Å². The van der Waals surface area contributed by atoms with Gasteiger partial charge in [-0.1, -0.05) is 24.3 Å². The van der Waals surface area contributed by atoms with Crippen molar-refractivity contribution in [2.24, 2.45) is 11.8 Å². The molecule has 170 valence electrons. The highest BCUT2D eigenvalue weighted by molar-refractivity contribution is 5.97. The van der Waals surface area contributed by atoms with E-state index in [-0.39, 0.29) is 23.8 Å². The maximum absolute atomic E-state index is 13.3. The number of aromatic nitrogens is 2. The average molecular weight is 446 g/mol. The van der Waals surface area contributed by atoms with Crippen molar-refractivity contribution in [2.45, 2.75) is 45.2 Å². The number of amides is 1. The molecule has 3 heterocycles. The largest absolute Gasteiger partial charge is 0.481 e. The number of carboxylic acids is 1. The Kier molecular flexibility index (Phi) is 5.62. The summed E-state index contributed by atoms with van der Waals surface area (Å²) in [5.74, 6) is -0.858. The van der Waals surface area contributed by atoms with E-state index < -0.39 is 5.97 Å². The Bertz CT molecular complexity index is 1310. The second-order valence-corrected chi connectivity index (χ2v) is 8.99. The number of benzene rings is 1. The van der Waals surface area contributed by atoms with Gasteiger partial charge in [-0.3, -0.25) is 14.6 Å². The van der Waals surface area contributed by atoms with Crippen LogP contribution in [0.3, 0.4) is 0 Å². The Morgan fingerprint density at radius 3 is 2.73 bits per heavy atom. The number of rotatable bonds is 6. The first kappa shape index (κ1) is 21.2. The van der Waals surface area contributed by atoms with Crippen molar-refractivity contribution < 1.29 is 19.1 Å². The van der Waals surface area contributed by atoms with Crippen molar-refractivity contribution in [1.82, 2.24) is 14.9 Å². The molecular weight excluding hydrogens is 418 g/mol. The molecule has 1 saturated carbocycles. The van der Waals surface area contributed by atoms with Crippen LogP contribution in [-0.2, 0) is 11.3 Å². The molecule has 7 nitrogen and oxygen atoms in total. The van der Waals surface area contributed by atoms with Crippen molar-refractivity contribution >= 4 is 33.9 Å². The number of aliphatic carboxylic acids is 1. The van der Waals surface area contributed by atoms with Crippen LogP contribution < -0.4 is 5.32 Å². The van der Waals surface area contributed by atoms with Gasteiger partial charge in [-0.15, -0.1) is 0 Å². The van der Waals surface area contributed by atoms with Crippen molar-refractivity contribution in [3.8, 4) is 0 Å². The molecule has 1 aromatic carbocycles. The molecule has 0 radical (unpaired) electrons. The van der Waals surface area contributed by atoms with E-state index in [4.69, 9.17) is 9.40 Å². The van der Waals surface area contributed by atoms with Crippen molar-refractivity contribution in [2.75, 3.05) is 0 Å². The maximum atomic E-state index is 13.3. The van der Waals surface area contributed by atoms with Crippen LogP contribution in [0.5, 0.6) is 0 Å². The fourth-order valence-corrected chi connectivity index (χ4v) is 4.96. The van der Waals surface area contributed by atoms with Crippen LogP contribution in [-0.4, -0.2) is 32.6 Å². The van der Waals surface area contributed by atoms with E-state index in [0.717, 1.165) is 35.0 Å². The van der Waals surface area contributed by atoms with Gasteiger partial charge in [-0.2, -0.15) is 0 Å². The van der Waals surface area contributed by atoms with Gasteiger partial charge in [0.15, 0.2) is 5.58 Å². The zero-order chi connectivity index (χ0) is 22.9. The minimum absolute atomic E-state index is 0.0410. The van der Waals surface area contributed by atoms with E-state index in [1.807, 2.05) is 54.0 Å². The zero-order valence-electron chi connectivity index (χ0n) is 18.5. The summed E-state index contributed by atoms with van der Waals surface area (Å²) in [4.78, 5) is 29.3. The van der Waals surface area contributed by atoms with Crippen LogP contribution in [0.4, 0.5) is 0 Å². The molecule has 3 aromatic heterocycles. The van der Waals surface area contributed by atoms with E-state index in [2.05, 4.69) is 5.32 Å². The number of hydrogen-bond donors (Lipinski definition) is 2. The van der Waals surface area contributed by atoms with Crippen LogP contribution in [0.15, 0.2) is 59.2 Å². The molecule has 4 aromatic rings. The smallest absolute Gasteiger partial charge is 0.306 e. The molecule has 5 rings (SSSR count). The van der Waals surface area contributed by atoms with Gasteiger partial charge in [0.05, 0.1) is 35.5 Å². The number of carboxylic acid groups (broad SMARTS) is 1. The Hall–Kier alpha value is -3.61. The van der Waals surface area contributed by atoms with Crippen LogP contribution in [0.1, 0.15) is 48.8 Å². The molecule has 2 N–H and O–H groups in total. The van der Waals surface area contributed by atoms with Crippen LogP contribution in [0, 0.1) is 11.8 Å². The third-order valence-electron chi connectivity index (χ3n) is 6.92. The molecular formula is C26H27N3O4. The lowest BCUT2D eigenvalue weighted by Crippen LogP contribution is -2.40. The van der Waals surface area contributed by atoms with Crippen LogP contribution >= 0.6 is 0 Å². The second-order valence-electron chi connectivity index (χ2n) is 8.99. The number of furan rings is 1. The fourth-order valence-electron chi connectivity index (χ4n) is 4.96. The number of hydrogen-bond acceptors (Lipinski definition) is 4. The molecule has 1 atom stereocenters. The first-order valence-corrected chi connectivity index (χ1v) is 11.4. The second kappa shape index (κ2) is 8.73. The van der Waals surface area contributed by atoms with Crippen molar-refractivity contribution in [1.29, 1.82) is 0 Å². The molecule has 0 saturated heterocycles. The fraction of sp³-hybridized carbons (Fsp3) is 0.346. The number of nitrogens with one attached hydrogen (secondary N) is 1. The molecule has 1 fully saturated rings. The minimum atomic E-state index is -0.715. The molecule has 1 aliphatic rings. The van der Waals surface area contributed by atoms with E-state index >= 15 is 0 Å². The molecule has 0 bridgehead atoms. The Labute approximate surface area is 191 Å². The third kappa shape index (κ3) is 4.23. The highest BCUT2D eigenvalue weighted by atomic mass is 16.4. The van der Waals surface area contributed by atoms with Crippen LogP contribution in [0.2, 0.25) is 0 Å². The highest BCUT2D eigenvalue weighted by Gasteiger charge is 2.30. The van der Waals surface area contributed by atoms with Crippen molar-refractivity contribution in [3.63, 3.8) is 0 Å². The zero-order valence-corrected chi connectivity index (χ0v) is 18.5. The van der Waals surface area contributed by atoms with Gasteiger partial charge in [-0.05, 0) is 50.7 Å². The molecule has 1 aliphatic carbocycles. The van der Waals surface area contributed by atoms with Gasteiger partial charge in [0.2, 0.25) is 0 Å². The number of para-hydroxylation sites is 1. The summed E-state index contributed by atoms with van der Waals surface area (Å²) in [5.41, 5.74) is 3.83. The van der Waals surface area contributed by atoms with Gasteiger partial charge in [0, 0.05) is 23.6 Å². The first-order valence-electron chi connectivity index (χ1n) is 11.4. The molecule has 1 unspecified atom stereocenters. The van der Waals surface area contributed by atoms with Gasteiger partial charge in [0.25, 0.3) is 5.91 Å². The molecule has 0 spiro atoms. The lowest BCUT2D eigenvalue weighted by molar-refractivity contribution is -0.143. The molecule has 1 amide bonds. The van der Waals surface area contributed by atoms with Gasteiger partial charge < -0.3 is 19.4 Å². The normalized spacial score (nSPS) is 19.5. The summed E-state index contributed by atoms with van der Waals surface area (Å²) in [7, 11) is 0. The Morgan fingerprint density at radius 1 is 1.15 bits per heavy atom. The van der Waals surface area contributed by atoms with Gasteiger partial charge in [-0.25, -0.2) is 0 Å². The van der Waals surface area contributed by atoms with E-state index in [1.54, 1.807) is 12.3 Å². The monoisotopic (exact) mass is 445 g/mol. The molecule has 0 aliphatic heterocycles. The number of fused-ring (bicyclic) bond motifs is 2. The summed E-state index contributed by atoms with van der Waals surface area (Å²) >= 11 is 0. The van der Waals surface area contributed by atoms with E-state index in [9.17, 15) is 14.7 Å². The quantitative estimate of drug-likeness (QED) is 0.443. The highest BCUT2D eigenvalue weighted by Crippen LogP contribution is 2.31. The van der Waals surface area contributed by atoms with Crippen molar-refractivity contribution in [3.05, 3.63) is 66.2 Å². The lowest BCUT2D eigenvalue weighted by atomic mass is 9.79. The standard InChI is InChI=1S/C26H27N3O4/c1-16(17-6-8-19(9-7-17)26(31)32)27-25(30)23-14-24-22(12-13-33-24)29(23)15-20-11-10-18-4-2-3-5-21(18)28-20/h2-5,10-14,16-17,19H,6-9,15H2,1H3,(H,27,30)(H,31,32)/t16?,17-,19-. The summed E-state index contributed by atoms with van der Waals surface area (Å²) in [6, 6.07) is 15.6. The Morgan fingerprint density at radius 2 is 1.94 bits per heavy atom. The minimum Gasteiger partial charge on any atom is -0.481 e. The SMILES string of the molecule is CC(NC(=O)c1cc2occc2n1Cc1ccc2ccccc2n1)[C@H]1CC[C@H](C(=O)O)CC1. The van der Waals surface area contributed by atoms with E-state index in [0.29, 0.717) is 30.7 Å².